The molecule has 0 radical (unpaired) electrons. The van der Waals surface area contributed by atoms with Gasteiger partial charge in [0.2, 0.25) is 0 Å². The van der Waals surface area contributed by atoms with E-state index in [1.165, 1.54) is 31.2 Å². The molecule has 1 aliphatic carbocycles. The van der Waals surface area contributed by atoms with Crippen LogP contribution < -0.4 is 0 Å². The van der Waals surface area contributed by atoms with Crippen molar-refractivity contribution in [3.63, 3.8) is 0 Å². The van der Waals surface area contributed by atoms with Gasteiger partial charge in [-0.05, 0) is 43.2 Å². The number of rotatable bonds is 2. The summed E-state index contributed by atoms with van der Waals surface area (Å²) in [5.74, 6) is 1.01. The van der Waals surface area contributed by atoms with Gasteiger partial charge in [0.1, 0.15) is 0 Å². The van der Waals surface area contributed by atoms with Crippen LogP contribution in [0.4, 0.5) is 0 Å². The Morgan fingerprint density at radius 3 is 2.21 bits per heavy atom. The fourth-order valence-electron chi connectivity index (χ4n) is 1.47. The summed E-state index contributed by atoms with van der Waals surface area (Å²) in [6.45, 7) is 6.46. The molecule has 0 N–H and O–H groups in total. The first-order valence-corrected chi connectivity index (χ1v) is 5.82. The summed E-state index contributed by atoms with van der Waals surface area (Å²) in [5, 5.41) is 0. The fourth-order valence-corrected chi connectivity index (χ4v) is 1.47. The molecule has 0 atom stereocenters. The number of hydrogen-bond donors (Lipinski definition) is 0. The van der Waals surface area contributed by atoms with Crippen molar-refractivity contribution in [1.82, 2.24) is 0 Å². The van der Waals surface area contributed by atoms with E-state index in [1.807, 2.05) is 0 Å². The van der Waals surface area contributed by atoms with Crippen molar-refractivity contribution in [2.75, 3.05) is 0 Å². The summed E-state index contributed by atoms with van der Waals surface area (Å²) in [5.41, 5.74) is 3.01. The summed E-state index contributed by atoms with van der Waals surface area (Å²) >= 11 is 0. The molecule has 1 aliphatic rings. The Morgan fingerprint density at radius 2 is 1.71 bits per heavy atom. The minimum atomic E-state index is 1.01. The average molecular weight is 190 g/mol. The minimum absolute atomic E-state index is 1.01. The molecule has 1 aromatic carbocycles. The van der Waals surface area contributed by atoms with Gasteiger partial charge < -0.3 is 0 Å². The molecular weight excluding hydrogens is 168 g/mol. The fraction of sp³-hybridized carbons (Fsp3) is 0.571. The van der Waals surface area contributed by atoms with Gasteiger partial charge in [-0.15, -0.1) is 0 Å². The van der Waals surface area contributed by atoms with Crippen LogP contribution in [0, 0.1) is 12.8 Å². The van der Waals surface area contributed by atoms with Gasteiger partial charge in [-0.1, -0.05) is 44.5 Å². The van der Waals surface area contributed by atoms with Crippen LogP contribution in [0.1, 0.15) is 44.2 Å². The predicted octanol–water partition coefficient (Wildman–Crippen LogP) is 4.36. The lowest BCUT2D eigenvalue weighted by molar-refractivity contribution is 0.826. The van der Waals surface area contributed by atoms with Gasteiger partial charge in [0.05, 0.1) is 0 Å². The first-order chi connectivity index (χ1) is 6.77. The first kappa shape index (κ1) is 11.3. The molecule has 0 saturated heterocycles. The predicted molar refractivity (Wildman–Crippen MR) is 63.6 cm³/mol. The largest absolute Gasteiger partial charge is 0.0656 e. The highest BCUT2D eigenvalue weighted by atomic mass is 14.3. The van der Waals surface area contributed by atoms with Crippen LogP contribution in [0.2, 0.25) is 0 Å². The molecule has 0 spiro atoms. The number of hydrogen-bond acceptors (Lipinski definition) is 0. The van der Waals surface area contributed by atoms with Gasteiger partial charge >= 0.3 is 0 Å². The summed E-state index contributed by atoms with van der Waals surface area (Å²) in [6.07, 6.45) is 5.47. The second kappa shape index (κ2) is 5.85. The van der Waals surface area contributed by atoms with E-state index in [4.69, 9.17) is 0 Å². The second-order valence-corrected chi connectivity index (χ2v) is 4.28. The first-order valence-electron chi connectivity index (χ1n) is 5.82. The molecule has 1 saturated carbocycles. The van der Waals surface area contributed by atoms with Crippen molar-refractivity contribution in [1.29, 1.82) is 0 Å². The van der Waals surface area contributed by atoms with Crippen LogP contribution in [0.25, 0.3) is 0 Å². The molecule has 2 rings (SSSR count). The van der Waals surface area contributed by atoms with Crippen molar-refractivity contribution in [3.05, 3.63) is 35.4 Å². The van der Waals surface area contributed by atoms with Crippen LogP contribution >= 0.6 is 0 Å². The van der Waals surface area contributed by atoms with Crippen LogP contribution in [0.5, 0.6) is 0 Å². The molecule has 78 valence electrons. The van der Waals surface area contributed by atoms with Crippen LogP contribution in [0.3, 0.4) is 0 Å². The Labute approximate surface area is 88.4 Å². The van der Waals surface area contributed by atoms with E-state index in [0.717, 1.165) is 5.92 Å². The van der Waals surface area contributed by atoms with Gasteiger partial charge in [-0.3, -0.25) is 0 Å². The van der Waals surface area contributed by atoms with E-state index in [2.05, 4.69) is 45.0 Å². The zero-order valence-electron chi connectivity index (χ0n) is 9.72. The molecule has 14 heavy (non-hydrogen) atoms. The number of benzene rings is 1. The molecule has 0 aromatic heterocycles. The van der Waals surface area contributed by atoms with E-state index in [1.54, 1.807) is 5.56 Å². The topological polar surface area (TPSA) is 0 Å². The minimum Gasteiger partial charge on any atom is -0.0656 e. The summed E-state index contributed by atoms with van der Waals surface area (Å²) in [7, 11) is 0. The van der Waals surface area contributed by atoms with E-state index >= 15 is 0 Å². The second-order valence-electron chi connectivity index (χ2n) is 4.28. The van der Waals surface area contributed by atoms with Crippen molar-refractivity contribution in [2.45, 2.75) is 46.5 Å². The quantitative estimate of drug-likeness (QED) is 0.650. The third-order valence-corrected chi connectivity index (χ3v) is 2.47. The normalized spacial score (nSPS) is 14.5. The lowest BCUT2D eigenvalue weighted by atomic mass is 10.0. The molecule has 1 aromatic rings. The van der Waals surface area contributed by atoms with Gasteiger partial charge in [0.15, 0.2) is 0 Å². The zero-order valence-corrected chi connectivity index (χ0v) is 9.72. The van der Waals surface area contributed by atoms with E-state index < -0.39 is 0 Å². The van der Waals surface area contributed by atoms with Crippen molar-refractivity contribution in [3.8, 4) is 0 Å². The Morgan fingerprint density at radius 1 is 1.14 bits per heavy atom. The highest BCUT2D eigenvalue weighted by Gasteiger charge is 2.21. The maximum Gasteiger partial charge on any atom is -0.0248 e. The Kier molecular flexibility index (Phi) is 4.72. The maximum atomic E-state index is 2.26. The van der Waals surface area contributed by atoms with E-state index in [0.29, 0.717) is 0 Å². The third kappa shape index (κ3) is 3.95. The van der Waals surface area contributed by atoms with Gasteiger partial charge in [-0.2, -0.15) is 0 Å². The lowest BCUT2D eigenvalue weighted by Gasteiger charge is -2.02. The maximum absolute atomic E-state index is 2.26. The van der Waals surface area contributed by atoms with E-state index in [-0.39, 0.29) is 0 Å². The lowest BCUT2D eigenvalue weighted by Crippen LogP contribution is -1.89. The Balaban J connectivity index is 0.000000293. The SMILES string of the molecule is CCC.Cc1ccccc1CC1CC1. The van der Waals surface area contributed by atoms with Gasteiger partial charge in [0, 0.05) is 0 Å². The Bertz CT molecular complexity index is 258. The molecule has 1 fully saturated rings. The molecule has 0 heterocycles. The average Bonchev–Trinajstić information content (AvgIpc) is 2.94. The number of aryl methyl sites for hydroxylation is 1. The molecule has 0 bridgehead atoms. The summed E-state index contributed by atoms with van der Waals surface area (Å²) in [4.78, 5) is 0. The standard InChI is InChI=1S/C11H14.C3H8/c1-9-4-2-3-5-11(9)8-10-6-7-10;1-3-2/h2-5,10H,6-8H2,1H3;3H2,1-2H3. The molecule has 0 unspecified atom stereocenters. The zero-order chi connectivity index (χ0) is 10.4. The molecular formula is C14H22. The highest BCUT2D eigenvalue weighted by Crippen LogP contribution is 2.33. The van der Waals surface area contributed by atoms with Crippen LogP contribution in [0.15, 0.2) is 24.3 Å². The van der Waals surface area contributed by atoms with Gasteiger partial charge in [-0.25, -0.2) is 0 Å². The van der Waals surface area contributed by atoms with Crippen molar-refractivity contribution < 1.29 is 0 Å². The Hall–Kier alpha value is -0.780. The molecule has 0 nitrogen and oxygen atoms in total. The van der Waals surface area contributed by atoms with Gasteiger partial charge in [0.25, 0.3) is 0 Å². The summed E-state index contributed by atoms with van der Waals surface area (Å²) in [6, 6.07) is 8.72. The van der Waals surface area contributed by atoms with Crippen molar-refractivity contribution >= 4 is 0 Å². The third-order valence-electron chi connectivity index (χ3n) is 2.47. The highest BCUT2D eigenvalue weighted by molar-refractivity contribution is 5.26. The molecule has 0 heteroatoms. The molecule has 0 aliphatic heterocycles. The van der Waals surface area contributed by atoms with Crippen molar-refractivity contribution in [2.24, 2.45) is 5.92 Å². The smallest absolute Gasteiger partial charge is 0.0248 e. The molecule has 0 amide bonds. The monoisotopic (exact) mass is 190 g/mol. The summed E-state index contributed by atoms with van der Waals surface area (Å²) < 4.78 is 0. The van der Waals surface area contributed by atoms with Crippen LogP contribution in [-0.4, -0.2) is 0 Å². The van der Waals surface area contributed by atoms with E-state index in [9.17, 15) is 0 Å². The van der Waals surface area contributed by atoms with Crippen LogP contribution in [-0.2, 0) is 6.42 Å².